The highest BCUT2D eigenvalue weighted by Gasteiger charge is 2.19. The first-order valence-electron chi connectivity index (χ1n) is 7.83. The fourth-order valence-electron chi connectivity index (χ4n) is 2.90. The molecule has 23 heavy (non-hydrogen) atoms. The van der Waals surface area contributed by atoms with Gasteiger partial charge in [0, 0.05) is 12.0 Å². The normalized spacial score (nSPS) is 20.1. The number of halogens is 2. The maximum absolute atomic E-state index is 13.9. The Morgan fingerprint density at radius 1 is 1.22 bits per heavy atom. The van der Waals surface area contributed by atoms with Crippen LogP contribution in [0, 0.1) is 35.3 Å². The molecule has 0 radical (unpaired) electrons. The zero-order valence-corrected chi connectivity index (χ0v) is 13.8. The SMILES string of the molecule is C=CCCC1CCC(C#Cc2cc(F)c(N=C=S)cc2F)CC1. The molecule has 1 aromatic carbocycles. The van der Waals surface area contributed by atoms with E-state index in [1.54, 1.807) is 0 Å². The highest BCUT2D eigenvalue weighted by Crippen LogP contribution is 2.31. The lowest BCUT2D eigenvalue weighted by molar-refractivity contribution is 0.303. The summed E-state index contributed by atoms with van der Waals surface area (Å²) >= 11 is 4.40. The number of thiocarbonyl (C=S) groups is 1. The number of isothiocyanates is 1. The van der Waals surface area contributed by atoms with E-state index in [4.69, 9.17) is 0 Å². The average Bonchev–Trinajstić information content (AvgIpc) is 2.56. The number of hydrogen-bond donors (Lipinski definition) is 0. The van der Waals surface area contributed by atoms with Gasteiger partial charge in [-0.25, -0.2) is 8.78 Å². The monoisotopic (exact) mass is 331 g/mol. The standard InChI is InChI=1S/C19H19F2NS/c1-2-3-4-14-5-7-15(8-6-14)9-10-16-11-18(21)19(22-13-23)12-17(16)20/h2,11-12,14-15H,1,3-8H2. The minimum absolute atomic E-state index is 0.0691. The van der Waals surface area contributed by atoms with E-state index >= 15 is 0 Å². The molecule has 1 saturated carbocycles. The molecule has 0 aliphatic heterocycles. The first kappa shape index (κ1) is 17.5. The summed E-state index contributed by atoms with van der Waals surface area (Å²) in [5.41, 5.74) is -0.0784. The summed E-state index contributed by atoms with van der Waals surface area (Å²) in [4.78, 5) is 3.49. The lowest BCUT2D eigenvalue weighted by Gasteiger charge is -2.25. The van der Waals surface area contributed by atoms with Gasteiger partial charge in [-0.3, -0.25) is 0 Å². The molecule has 1 nitrogen and oxygen atoms in total. The topological polar surface area (TPSA) is 12.4 Å². The van der Waals surface area contributed by atoms with E-state index in [-0.39, 0.29) is 17.2 Å². The lowest BCUT2D eigenvalue weighted by Crippen LogP contribution is -2.13. The maximum Gasteiger partial charge on any atom is 0.151 e. The molecular formula is C19H19F2NS. The number of rotatable bonds is 4. The van der Waals surface area contributed by atoms with Crippen molar-refractivity contribution in [1.29, 1.82) is 0 Å². The highest BCUT2D eigenvalue weighted by atomic mass is 32.1. The van der Waals surface area contributed by atoms with E-state index in [0.717, 1.165) is 50.2 Å². The molecule has 0 saturated heterocycles. The molecule has 0 heterocycles. The molecule has 4 heteroatoms. The molecule has 1 fully saturated rings. The fraction of sp³-hybridized carbons (Fsp3) is 0.421. The van der Waals surface area contributed by atoms with E-state index < -0.39 is 11.6 Å². The molecule has 2 rings (SSSR count). The van der Waals surface area contributed by atoms with Crippen LogP contribution in [0.4, 0.5) is 14.5 Å². The number of allylic oxidation sites excluding steroid dienone is 1. The highest BCUT2D eigenvalue weighted by molar-refractivity contribution is 7.78. The van der Waals surface area contributed by atoms with Crippen LogP contribution in [-0.4, -0.2) is 5.16 Å². The molecule has 0 spiro atoms. The predicted octanol–water partition coefficient (Wildman–Crippen LogP) is 5.82. The Labute approximate surface area is 141 Å². The molecular weight excluding hydrogens is 312 g/mol. The molecule has 0 unspecified atom stereocenters. The Bertz CT molecular complexity index is 673. The molecule has 0 atom stereocenters. The summed E-state index contributed by atoms with van der Waals surface area (Å²) in [5, 5.41) is 2.03. The summed E-state index contributed by atoms with van der Waals surface area (Å²) in [6.45, 7) is 3.75. The van der Waals surface area contributed by atoms with E-state index in [1.165, 1.54) is 6.42 Å². The van der Waals surface area contributed by atoms with Crippen LogP contribution < -0.4 is 0 Å². The minimum Gasteiger partial charge on any atom is -0.206 e. The molecule has 120 valence electrons. The summed E-state index contributed by atoms with van der Waals surface area (Å²) in [5.74, 6) is 5.66. The van der Waals surface area contributed by atoms with Crippen molar-refractivity contribution in [3.8, 4) is 11.8 Å². The van der Waals surface area contributed by atoms with Gasteiger partial charge < -0.3 is 0 Å². The van der Waals surface area contributed by atoms with Gasteiger partial charge in [0.25, 0.3) is 0 Å². The van der Waals surface area contributed by atoms with Gasteiger partial charge in [-0.05, 0) is 62.7 Å². The maximum atomic E-state index is 13.9. The first-order chi connectivity index (χ1) is 11.1. The molecule has 0 bridgehead atoms. The second-order valence-corrected chi connectivity index (χ2v) is 6.02. The van der Waals surface area contributed by atoms with Gasteiger partial charge in [-0.15, -0.1) is 6.58 Å². The van der Waals surface area contributed by atoms with Crippen molar-refractivity contribution in [3.63, 3.8) is 0 Å². The van der Waals surface area contributed by atoms with Crippen molar-refractivity contribution in [2.45, 2.75) is 38.5 Å². The Morgan fingerprint density at radius 3 is 2.61 bits per heavy atom. The Kier molecular flexibility index (Phi) is 6.65. The van der Waals surface area contributed by atoms with Crippen molar-refractivity contribution in [1.82, 2.24) is 0 Å². The van der Waals surface area contributed by atoms with Gasteiger partial charge >= 0.3 is 0 Å². The Morgan fingerprint density at radius 2 is 1.96 bits per heavy atom. The van der Waals surface area contributed by atoms with Gasteiger partial charge in [0.2, 0.25) is 0 Å². The molecule has 0 N–H and O–H groups in total. The molecule has 0 aromatic heterocycles. The summed E-state index contributed by atoms with van der Waals surface area (Å²) in [6, 6.07) is 2.08. The van der Waals surface area contributed by atoms with Gasteiger partial charge in [-0.1, -0.05) is 17.9 Å². The van der Waals surface area contributed by atoms with Crippen molar-refractivity contribution < 1.29 is 8.78 Å². The van der Waals surface area contributed by atoms with Crippen LogP contribution in [0.2, 0.25) is 0 Å². The first-order valence-corrected chi connectivity index (χ1v) is 8.24. The van der Waals surface area contributed by atoms with Crippen LogP contribution in [-0.2, 0) is 0 Å². The third-order valence-electron chi connectivity index (χ3n) is 4.24. The van der Waals surface area contributed by atoms with Crippen LogP contribution in [0.5, 0.6) is 0 Å². The number of hydrogen-bond acceptors (Lipinski definition) is 2. The number of nitrogens with zero attached hydrogens (tertiary/aromatic N) is 1. The lowest BCUT2D eigenvalue weighted by atomic mass is 9.80. The van der Waals surface area contributed by atoms with Crippen LogP contribution in [0.25, 0.3) is 0 Å². The smallest absolute Gasteiger partial charge is 0.151 e. The van der Waals surface area contributed by atoms with Crippen LogP contribution in [0.3, 0.4) is 0 Å². The van der Waals surface area contributed by atoms with Crippen LogP contribution in [0.15, 0.2) is 29.8 Å². The molecule has 1 aliphatic rings. The Hall–Kier alpha value is -1.82. The fourth-order valence-corrected chi connectivity index (χ4v) is 2.99. The summed E-state index contributed by atoms with van der Waals surface area (Å²) in [6.07, 6.45) is 8.53. The number of benzene rings is 1. The van der Waals surface area contributed by atoms with Crippen molar-refractivity contribution >= 4 is 23.1 Å². The molecule has 1 aliphatic carbocycles. The van der Waals surface area contributed by atoms with E-state index in [0.29, 0.717) is 0 Å². The Balaban J connectivity index is 2.01. The molecule has 0 amide bonds. The third kappa shape index (κ3) is 5.10. The van der Waals surface area contributed by atoms with E-state index in [1.807, 2.05) is 11.2 Å². The average molecular weight is 331 g/mol. The van der Waals surface area contributed by atoms with Crippen molar-refractivity contribution in [3.05, 3.63) is 42.0 Å². The van der Waals surface area contributed by atoms with Gasteiger partial charge in [0.1, 0.15) is 11.5 Å². The second kappa shape index (κ2) is 8.72. The summed E-state index contributed by atoms with van der Waals surface area (Å²) < 4.78 is 27.6. The van der Waals surface area contributed by atoms with E-state index in [9.17, 15) is 8.78 Å². The van der Waals surface area contributed by atoms with Crippen molar-refractivity contribution in [2.75, 3.05) is 0 Å². The van der Waals surface area contributed by atoms with Crippen LogP contribution >= 0.6 is 12.2 Å². The predicted molar refractivity (Wildman–Crippen MR) is 92.8 cm³/mol. The zero-order valence-electron chi connectivity index (χ0n) is 12.9. The minimum atomic E-state index is -0.638. The third-order valence-corrected chi connectivity index (χ3v) is 4.33. The van der Waals surface area contributed by atoms with Gasteiger partial charge in [0.15, 0.2) is 5.82 Å². The zero-order chi connectivity index (χ0) is 16.7. The van der Waals surface area contributed by atoms with Crippen molar-refractivity contribution in [2.24, 2.45) is 16.8 Å². The van der Waals surface area contributed by atoms with Crippen LogP contribution in [0.1, 0.15) is 44.1 Å². The molecule has 1 aromatic rings. The van der Waals surface area contributed by atoms with Gasteiger partial charge in [-0.2, -0.15) is 4.99 Å². The largest absolute Gasteiger partial charge is 0.206 e. The second-order valence-electron chi connectivity index (χ2n) is 5.84. The van der Waals surface area contributed by atoms with Gasteiger partial charge in [0.05, 0.1) is 10.7 Å². The number of aliphatic imine (C=N–C) groups is 1. The van der Waals surface area contributed by atoms with E-state index in [2.05, 4.69) is 35.6 Å². The quantitative estimate of drug-likeness (QED) is 0.293. The summed E-state index contributed by atoms with van der Waals surface area (Å²) in [7, 11) is 0.